The summed E-state index contributed by atoms with van der Waals surface area (Å²) >= 11 is 0. The van der Waals surface area contributed by atoms with Gasteiger partial charge in [-0.2, -0.15) is 0 Å². The summed E-state index contributed by atoms with van der Waals surface area (Å²) < 4.78 is 2.25. The second kappa shape index (κ2) is 3.76. The quantitative estimate of drug-likeness (QED) is 0.878. The third kappa shape index (κ3) is 1.79. The summed E-state index contributed by atoms with van der Waals surface area (Å²) in [5.41, 5.74) is 1.85. The first-order valence-electron chi connectivity index (χ1n) is 6.35. The van der Waals surface area contributed by atoms with Gasteiger partial charge < -0.3 is 9.67 Å². The largest absolute Gasteiger partial charge is 0.506 e. The lowest BCUT2D eigenvalue weighted by Gasteiger charge is -2.09. The highest BCUT2D eigenvalue weighted by molar-refractivity contribution is 5.82. The molecule has 1 N–H and O–H groups in total. The van der Waals surface area contributed by atoms with Gasteiger partial charge in [-0.15, -0.1) is 0 Å². The van der Waals surface area contributed by atoms with Crippen molar-refractivity contribution < 1.29 is 5.11 Å². The summed E-state index contributed by atoms with van der Waals surface area (Å²) in [7, 11) is 0. The van der Waals surface area contributed by atoms with Gasteiger partial charge >= 0.3 is 0 Å². The number of aromatic hydroxyl groups is 1. The average Bonchev–Trinajstić information content (AvgIpc) is 3.01. The number of imidazole rings is 1. The zero-order chi connectivity index (χ0) is 12.0. The maximum atomic E-state index is 10.0. The lowest BCUT2D eigenvalue weighted by Crippen LogP contribution is -2.05. The number of hydrogen-bond donors (Lipinski definition) is 1. The molecule has 1 aromatic heterocycles. The second-order valence-corrected chi connectivity index (χ2v) is 5.37. The molecule has 0 radical (unpaired) electrons. The van der Waals surface area contributed by atoms with Crippen molar-refractivity contribution in [2.24, 2.45) is 5.92 Å². The Labute approximate surface area is 101 Å². The van der Waals surface area contributed by atoms with E-state index in [1.165, 1.54) is 12.8 Å². The highest BCUT2D eigenvalue weighted by Gasteiger charge is 2.29. The number of phenols is 1. The number of fused-ring (bicyclic) bond motifs is 1. The summed E-state index contributed by atoms with van der Waals surface area (Å²) in [6.07, 6.45) is 3.40. The van der Waals surface area contributed by atoms with Crippen molar-refractivity contribution in [1.82, 2.24) is 9.55 Å². The molecular formula is C14H18N2O. The molecule has 0 saturated heterocycles. The molecule has 90 valence electrons. The molecule has 1 heterocycles. The maximum Gasteiger partial charge on any atom is 0.141 e. The lowest BCUT2D eigenvalue weighted by molar-refractivity contribution is 0.476. The lowest BCUT2D eigenvalue weighted by atomic mass is 10.1. The molecule has 1 fully saturated rings. The molecule has 0 aliphatic heterocycles. The minimum absolute atomic E-state index is 0.358. The van der Waals surface area contributed by atoms with Crippen LogP contribution >= 0.6 is 0 Å². The molecule has 1 saturated carbocycles. The van der Waals surface area contributed by atoms with Gasteiger partial charge in [-0.25, -0.2) is 4.98 Å². The van der Waals surface area contributed by atoms with Crippen LogP contribution in [-0.2, 0) is 6.42 Å². The van der Waals surface area contributed by atoms with Crippen LogP contribution in [0.1, 0.15) is 38.6 Å². The van der Waals surface area contributed by atoms with Crippen molar-refractivity contribution in [3.8, 4) is 5.75 Å². The van der Waals surface area contributed by atoms with E-state index in [9.17, 15) is 5.11 Å². The molecule has 0 amide bonds. The van der Waals surface area contributed by atoms with E-state index in [0.717, 1.165) is 23.3 Å². The van der Waals surface area contributed by atoms with Gasteiger partial charge in [0.1, 0.15) is 17.1 Å². The summed E-state index contributed by atoms with van der Waals surface area (Å²) in [5.74, 6) is 2.07. The van der Waals surface area contributed by atoms with Crippen LogP contribution in [0.3, 0.4) is 0 Å². The van der Waals surface area contributed by atoms with Gasteiger partial charge in [0.2, 0.25) is 0 Å². The SMILES string of the molecule is CC(C)Cc1nc2cccc(O)c2n1C1CC1. The summed E-state index contributed by atoms with van der Waals surface area (Å²) in [5, 5.41) is 10.0. The van der Waals surface area contributed by atoms with Crippen LogP contribution in [0.5, 0.6) is 5.75 Å². The van der Waals surface area contributed by atoms with Gasteiger partial charge in [-0.1, -0.05) is 19.9 Å². The standard InChI is InChI=1S/C14H18N2O/c1-9(2)8-13-15-11-4-3-5-12(17)14(11)16(13)10-6-7-10/h3-5,9-10,17H,6-8H2,1-2H3. The van der Waals surface area contributed by atoms with Crippen molar-refractivity contribution in [3.63, 3.8) is 0 Å². The zero-order valence-corrected chi connectivity index (χ0v) is 10.3. The molecular weight excluding hydrogens is 212 g/mol. The first kappa shape index (κ1) is 10.6. The molecule has 3 heteroatoms. The molecule has 2 aromatic rings. The molecule has 0 unspecified atom stereocenters. The van der Waals surface area contributed by atoms with Gasteiger partial charge in [-0.05, 0) is 30.9 Å². The van der Waals surface area contributed by atoms with Crippen LogP contribution in [0.2, 0.25) is 0 Å². The maximum absolute atomic E-state index is 10.0. The molecule has 0 atom stereocenters. The van der Waals surface area contributed by atoms with E-state index in [1.54, 1.807) is 6.07 Å². The van der Waals surface area contributed by atoms with E-state index in [0.29, 0.717) is 17.7 Å². The number of hydrogen-bond acceptors (Lipinski definition) is 2. The number of nitrogens with zero attached hydrogens (tertiary/aromatic N) is 2. The molecule has 0 spiro atoms. The topological polar surface area (TPSA) is 38.1 Å². The number of benzene rings is 1. The Morgan fingerprint density at radius 3 is 2.82 bits per heavy atom. The Hall–Kier alpha value is -1.51. The van der Waals surface area contributed by atoms with Crippen LogP contribution in [0, 0.1) is 5.92 Å². The van der Waals surface area contributed by atoms with Crippen molar-refractivity contribution in [1.29, 1.82) is 0 Å². The fraction of sp³-hybridized carbons (Fsp3) is 0.500. The molecule has 3 nitrogen and oxygen atoms in total. The third-order valence-corrected chi connectivity index (χ3v) is 3.26. The Bertz CT molecular complexity index is 553. The molecule has 3 rings (SSSR count). The molecule has 1 aromatic carbocycles. The van der Waals surface area contributed by atoms with E-state index in [1.807, 2.05) is 12.1 Å². The number of rotatable bonds is 3. The predicted octanol–water partition coefficient (Wildman–Crippen LogP) is 3.28. The van der Waals surface area contributed by atoms with Crippen LogP contribution in [0.15, 0.2) is 18.2 Å². The Morgan fingerprint density at radius 2 is 2.18 bits per heavy atom. The average molecular weight is 230 g/mol. The number of aromatic nitrogens is 2. The summed E-state index contributed by atoms with van der Waals surface area (Å²) in [6.45, 7) is 4.41. The zero-order valence-electron chi connectivity index (χ0n) is 10.3. The fourth-order valence-corrected chi connectivity index (χ4v) is 2.41. The third-order valence-electron chi connectivity index (χ3n) is 3.26. The number of phenolic OH excluding ortho intramolecular Hbond substituents is 1. The van der Waals surface area contributed by atoms with Gasteiger partial charge in [0.25, 0.3) is 0 Å². The van der Waals surface area contributed by atoms with Crippen LogP contribution in [0.25, 0.3) is 11.0 Å². The first-order chi connectivity index (χ1) is 8.16. The number of para-hydroxylation sites is 1. The first-order valence-corrected chi connectivity index (χ1v) is 6.35. The van der Waals surface area contributed by atoms with E-state index in [-0.39, 0.29) is 0 Å². The molecule has 17 heavy (non-hydrogen) atoms. The predicted molar refractivity (Wildman–Crippen MR) is 68.2 cm³/mol. The minimum atomic E-state index is 0.358. The van der Waals surface area contributed by atoms with Gasteiger partial charge in [0, 0.05) is 12.5 Å². The fourth-order valence-electron chi connectivity index (χ4n) is 2.41. The normalized spacial score (nSPS) is 15.9. The monoisotopic (exact) mass is 230 g/mol. The van der Waals surface area contributed by atoms with Crippen molar-refractivity contribution in [2.75, 3.05) is 0 Å². The van der Waals surface area contributed by atoms with Crippen LogP contribution in [-0.4, -0.2) is 14.7 Å². The van der Waals surface area contributed by atoms with Gasteiger partial charge in [0.15, 0.2) is 0 Å². The van der Waals surface area contributed by atoms with E-state index < -0.39 is 0 Å². The summed E-state index contributed by atoms with van der Waals surface area (Å²) in [4.78, 5) is 4.68. The Morgan fingerprint density at radius 1 is 1.41 bits per heavy atom. The van der Waals surface area contributed by atoms with Crippen LogP contribution in [0.4, 0.5) is 0 Å². The Kier molecular flexibility index (Phi) is 2.35. The Balaban J connectivity index is 2.20. The molecule has 0 bridgehead atoms. The van der Waals surface area contributed by atoms with Gasteiger partial charge in [-0.3, -0.25) is 0 Å². The van der Waals surface area contributed by atoms with E-state index in [4.69, 9.17) is 0 Å². The van der Waals surface area contributed by atoms with Crippen molar-refractivity contribution in [2.45, 2.75) is 39.2 Å². The smallest absolute Gasteiger partial charge is 0.141 e. The highest BCUT2D eigenvalue weighted by atomic mass is 16.3. The minimum Gasteiger partial charge on any atom is -0.506 e. The second-order valence-electron chi connectivity index (χ2n) is 5.37. The molecule has 1 aliphatic rings. The summed E-state index contributed by atoms with van der Waals surface area (Å²) in [6, 6.07) is 6.16. The van der Waals surface area contributed by atoms with Crippen molar-refractivity contribution in [3.05, 3.63) is 24.0 Å². The van der Waals surface area contributed by atoms with Crippen molar-refractivity contribution >= 4 is 11.0 Å². The van der Waals surface area contributed by atoms with E-state index >= 15 is 0 Å². The molecule has 1 aliphatic carbocycles. The van der Waals surface area contributed by atoms with E-state index in [2.05, 4.69) is 23.4 Å². The van der Waals surface area contributed by atoms with Gasteiger partial charge in [0.05, 0.1) is 5.52 Å². The van der Waals surface area contributed by atoms with Crippen LogP contribution < -0.4 is 0 Å². The highest BCUT2D eigenvalue weighted by Crippen LogP contribution is 2.41.